The van der Waals surface area contributed by atoms with Gasteiger partial charge in [-0.25, -0.2) is 4.98 Å². The summed E-state index contributed by atoms with van der Waals surface area (Å²) in [6.07, 6.45) is 0.463. The molecule has 0 radical (unpaired) electrons. The second-order valence-electron chi connectivity index (χ2n) is 4.24. The predicted molar refractivity (Wildman–Crippen MR) is 66.2 cm³/mol. The highest BCUT2D eigenvalue weighted by molar-refractivity contribution is 5.41. The lowest BCUT2D eigenvalue weighted by molar-refractivity contribution is 0.607. The lowest BCUT2D eigenvalue weighted by Crippen LogP contribution is -2.29. The molecule has 0 unspecified atom stereocenters. The molecule has 0 aliphatic heterocycles. The normalized spacial score (nSPS) is 9.71. The summed E-state index contributed by atoms with van der Waals surface area (Å²) in [5.41, 5.74) is 0.410. The van der Waals surface area contributed by atoms with Gasteiger partial charge in [0.05, 0.1) is 12.5 Å². The van der Waals surface area contributed by atoms with Crippen molar-refractivity contribution in [2.24, 2.45) is 5.92 Å². The molecule has 0 fully saturated rings. The molecule has 4 nitrogen and oxygen atoms in total. The van der Waals surface area contributed by atoms with Crippen LogP contribution >= 0.6 is 0 Å². The molecule has 1 aromatic heterocycles. The van der Waals surface area contributed by atoms with E-state index in [0.29, 0.717) is 24.6 Å². The monoisotopic (exact) mass is 228 g/mol. The third kappa shape index (κ3) is 4.12. The summed E-state index contributed by atoms with van der Waals surface area (Å²) in [5, 5.41) is 17.5. The van der Waals surface area contributed by atoms with Crippen molar-refractivity contribution in [2.45, 2.75) is 20.3 Å². The number of anilines is 1. The van der Waals surface area contributed by atoms with E-state index in [9.17, 15) is 0 Å². The number of rotatable bonds is 5. The van der Waals surface area contributed by atoms with Gasteiger partial charge in [-0.15, -0.1) is 0 Å². The minimum absolute atomic E-state index is 0.410. The predicted octanol–water partition coefficient (Wildman–Crippen LogP) is 2.33. The summed E-state index contributed by atoms with van der Waals surface area (Å²) in [6.45, 7) is 5.72. The smallest absolute Gasteiger partial charge is 0.142 e. The highest BCUT2D eigenvalue weighted by Gasteiger charge is 2.10. The largest absolute Gasteiger partial charge is 0.355 e. The molecule has 0 N–H and O–H groups in total. The van der Waals surface area contributed by atoms with Gasteiger partial charge < -0.3 is 4.90 Å². The molecule has 0 aliphatic carbocycles. The maximum atomic E-state index is 8.82. The molecule has 4 heteroatoms. The molecule has 17 heavy (non-hydrogen) atoms. The van der Waals surface area contributed by atoms with Crippen molar-refractivity contribution in [3.8, 4) is 12.1 Å². The maximum absolute atomic E-state index is 8.82. The first-order valence-corrected chi connectivity index (χ1v) is 5.66. The molecular formula is C13H16N4. The van der Waals surface area contributed by atoms with Gasteiger partial charge in [-0.3, -0.25) is 0 Å². The van der Waals surface area contributed by atoms with Crippen LogP contribution in [0.15, 0.2) is 18.2 Å². The minimum Gasteiger partial charge on any atom is -0.355 e. The van der Waals surface area contributed by atoms with Gasteiger partial charge in [0.25, 0.3) is 0 Å². The van der Waals surface area contributed by atoms with Crippen molar-refractivity contribution in [2.75, 3.05) is 18.0 Å². The lowest BCUT2D eigenvalue weighted by atomic mass is 10.2. The Kier molecular flexibility index (Phi) is 4.97. The highest BCUT2D eigenvalue weighted by Crippen LogP contribution is 2.13. The topological polar surface area (TPSA) is 63.7 Å². The molecule has 0 aromatic carbocycles. The van der Waals surface area contributed by atoms with Crippen LogP contribution < -0.4 is 4.90 Å². The maximum Gasteiger partial charge on any atom is 0.142 e. The van der Waals surface area contributed by atoms with Crippen LogP contribution in [0.3, 0.4) is 0 Å². The molecule has 1 heterocycles. The number of hydrogen-bond donors (Lipinski definition) is 0. The van der Waals surface area contributed by atoms with Crippen molar-refractivity contribution in [3.05, 3.63) is 23.9 Å². The van der Waals surface area contributed by atoms with Gasteiger partial charge in [0.15, 0.2) is 0 Å². The van der Waals surface area contributed by atoms with Crippen molar-refractivity contribution < 1.29 is 0 Å². The van der Waals surface area contributed by atoms with Crippen LogP contribution in [0.2, 0.25) is 0 Å². The van der Waals surface area contributed by atoms with Gasteiger partial charge in [0, 0.05) is 13.1 Å². The standard InChI is InChI=1S/C13H16N4/c1-11(2)10-17(8-4-7-14)13-6-3-5-12(9-15)16-13/h3,5-6,11H,4,8,10H2,1-2H3. The van der Waals surface area contributed by atoms with E-state index in [1.165, 1.54) is 0 Å². The molecule has 1 aromatic rings. The summed E-state index contributed by atoms with van der Waals surface area (Å²) in [6, 6.07) is 9.54. The Bertz CT molecular complexity index is 439. The first-order valence-electron chi connectivity index (χ1n) is 5.66. The average Bonchev–Trinajstić information content (AvgIpc) is 2.34. The van der Waals surface area contributed by atoms with Crippen LogP contribution in [0.1, 0.15) is 26.0 Å². The van der Waals surface area contributed by atoms with Crippen LogP contribution in [-0.4, -0.2) is 18.1 Å². The number of nitriles is 2. The summed E-state index contributed by atoms with van der Waals surface area (Å²) in [4.78, 5) is 6.30. The SMILES string of the molecule is CC(C)CN(CCC#N)c1cccc(C#N)n1. The Labute approximate surface area is 102 Å². The summed E-state index contributed by atoms with van der Waals surface area (Å²) < 4.78 is 0. The first kappa shape index (κ1) is 13.0. The van der Waals surface area contributed by atoms with Crippen molar-refractivity contribution >= 4 is 5.82 Å². The van der Waals surface area contributed by atoms with E-state index in [0.717, 1.165) is 12.4 Å². The Hall–Kier alpha value is -2.07. The third-order valence-electron chi connectivity index (χ3n) is 2.25. The van der Waals surface area contributed by atoms with Crippen LogP contribution in [0.4, 0.5) is 5.82 Å². The molecule has 0 spiro atoms. The molecule has 0 atom stereocenters. The van der Waals surface area contributed by atoms with Crippen molar-refractivity contribution in [3.63, 3.8) is 0 Å². The zero-order valence-corrected chi connectivity index (χ0v) is 10.2. The van der Waals surface area contributed by atoms with Gasteiger partial charge in [0.1, 0.15) is 17.6 Å². The summed E-state index contributed by atoms with van der Waals surface area (Å²) >= 11 is 0. The van der Waals surface area contributed by atoms with E-state index >= 15 is 0 Å². The fourth-order valence-electron chi connectivity index (χ4n) is 1.59. The number of aromatic nitrogens is 1. The van der Waals surface area contributed by atoms with E-state index in [1.807, 2.05) is 18.2 Å². The van der Waals surface area contributed by atoms with Gasteiger partial charge >= 0.3 is 0 Å². The van der Waals surface area contributed by atoms with E-state index < -0.39 is 0 Å². The van der Waals surface area contributed by atoms with Crippen molar-refractivity contribution in [1.82, 2.24) is 4.98 Å². The number of hydrogen-bond acceptors (Lipinski definition) is 4. The second-order valence-corrected chi connectivity index (χ2v) is 4.24. The molecule has 1 rings (SSSR count). The molecule has 0 bridgehead atoms. The molecular weight excluding hydrogens is 212 g/mol. The number of pyridine rings is 1. The summed E-state index contributed by atoms with van der Waals surface area (Å²) in [5.74, 6) is 1.26. The van der Waals surface area contributed by atoms with Gasteiger partial charge in [-0.05, 0) is 18.1 Å². The van der Waals surface area contributed by atoms with Crippen LogP contribution in [0.25, 0.3) is 0 Å². The second kappa shape index (κ2) is 6.50. The quantitative estimate of drug-likeness (QED) is 0.775. The molecule has 0 saturated carbocycles. The Morgan fingerprint density at radius 3 is 2.71 bits per heavy atom. The van der Waals surface area contributed by atoms with Gasteiger partial charge in [0.2, 0.25) is 0 Å². The van der Waals surface area contributed by atoms with E-state index in [4.69, 9.17) is 10.5 Å². The van der Waals surface area contributed by atoms with Crippen molar-refractivity contribution in [1.29, 1.82) is 10.5 Å². The van der Waals surface area contributed by atoms with Crippen LogP contribution in [-0.2, 0) is 0 Å². The molecule has 0 saturated heterocycles. The number of nitrogens with zero attached hydrogens (tertiary/aromatic N) is 4. The minimum atomic E-state index is 0.410. The lowest BCUT2D eigenvalue weighted by Gasteiger charge is -2.24. The molecule has 0 aliphatic rings. The highest BCUT2D eigenvalue weighted by atomic mass is 15.2. The van der Waals surface area contributed by atoms with E-state index in [1.54, 1.807) is 6.07 Å². The Balaban J connectivity index is 2.88. The fraction of sp³-hybridized carbons (Fsp3) is 0.462. The average molecular weight is 228 g/mol. The molecule has 88 valence electrons. The zero-order chi connectivity index (χ0) is 12.7. The van der Waals surface area contributed by atoms with Gasteiger partial charge in [-0.2, -0.15) is 10.5 Å². The first-order chi connectivity index (χ1) is 8.17. The Morgan fingerprint density at radius 2 is 2.12 bits per heavy atom. The molecule has 0 amide bonds. The fourth-order valence-corrected chi connectivity index (χ4v) is 1.59. The van der Waals surface area contributed by atoms with Crippen LogP contribution in [0.5, 0.6) is 0 Å². The Morgan fingerprint density at radius 1 is 1.35 bits per heavy atom. The van der Waals surface area contributed by atoms with E-state index in [2.05, 4.69) is 29.8 Å². The third-order valence-corrected chi connectivity index (χ3v) is 2.25. The van der Waals surface area contributed by atoms with Crippen LogP contribution in [0, 0.1) is 28.6 Å². The van der Waals surface area contributed by atoms with Gasteiger partial charge in [-0.1, -0.05) is 19.9 Å². The zero-order valence-electron chi connectivity index (χ0n) is 10.2. The van der Waals surface area contributed by atoms with E-state index in [-0.39, 0.29) is 0 Å². The summed E-state index contributed by atoms with van der Waals surface area (Å²) in [7, 11) is 0.